The highest BCUT2D eigenvalue weighted by molar-refractivity contribution is 5.91. The number of hydrogen-bond acceptors (Lipinski definition) is 6. The van der Waals surface area contributed by atoms with E-state index in [1.807, 2.05) is 12.3 Å². The van der Waals surface area contributed by atoms with Crippen molar-refractivity contribution in [1.82, 2.24) is 9.88 Å². The molecule has 0 radical (unpaired) electrons. The van der Waals surface area contributed by atoms with Gasteiger partial charge in [0.1, 0.15) is 6.10 Å². The Morgan fingerprint density at radius 3 is 2.68 bits per heavy atom. The van der Waals surface area contributed by atoms with Crippen molar-refractivity contribution in [3.63, 3.8) is 0 Å². The van der Waals surface area contributed by atoms with Crippen molar-refractivity contribution < 1.29 is 14.3 Å². The summed E-state index contributed by atoms with van der Waals surface area (Å²) in [6, 6.07) is 10.4. The van der Waals surface area contributed by atoms with Crippen molar-refractivity contribution in [3.05, 3.63) is 36.5 Å². The Balaban J connectivity index is 1.26. The molecule has 5 rings (SSSR count). The molecule has 3 saturated heterocycles. The van der Waals surface area contributed by atoms with E-state index in [1.54, 1.807) is 0 Å². The summed E-state index contributed by atoms with van der Waals surface area (Å²) in [5.41, 5.74) is 1.94. The Morgan fingerprint density at radius 2 is 1.86 bits per heavy atom. The maximum Gasteiger partial charge on any atom is 0.312 e. The maximum absolute atomic E-state index is 12.8. The number of ether oxygens (including phenoxy) is 2. The summed E-state index contributed by atoms with van der Waals surface area (Å²) >= 11 is 0. The van der Waals surface area contributed by atoms with E-state index < -0.39 is 0 Å². The van der Waals surface area contributed by atoms with Gasteiger partial charge in [-0.15, -0.1) is 0 Å². The van der Waals surface area contributed by atoms with Crippen molar-refractivity contribution in [3.8, 4) is 0 Å². The van der Waals surface area contributed by atoms with Gasteiger partial charge in [-0.1, -0.05) is 18.2 Å². The first-order chi connectivity index (χ1) is 13.7. The monoisotopic (exact) mass is 381 g/mol. The normalized spacial score (nSPS) is 25.4. The molecule has 3 fully saturated rings. The quantitative estimate of drug-likeness (QED) is 0.762. The molecule has 0 amide bonds. The van der Waals surface area contributed by atoms with Crippen LogP contribution in [0.4, 0.5) is 5.69 Å². The van der Waals surface area contributed by atoms with Crippen LogP contribution >= 0.6 is 0 Å². The van der Waals surface area contributed by atoms with E-state index in [0.29, 0.717) is 0 Å². The lowest BCUT2D eigenvalue weighted by atomic mass is 9.76. The summed E-state index contributed by atoms with van der Waals surface area (Å²) in [6.07, 6.45) is 4.49. The predicted molar refractivity (Wildman–Crippen MR) is 107 cm³/mol. The zero-order chi connectivity index (χ0) is 19.0. The van der Waals surface area contributed by atoms with Crippen molar-refractivity contribution in [2.45, 2.75) is 25.4 Å². The lowest BCUT2D eigenvalue weighted by Gasteiger charge is -2.38. The SMILES string of the molecule is O=C1OC(CN2CCOCC2)CC12CCN(c1ccnc3ccccc13)CC2. The molecule has 6 nitrogen and oxygen atoms in total. The summed E-state index contributed by atoms with van der Waals surface area (Å²) in [4.78, 5) is 22.0. The van der Waals surface area contributed by atoms with E-state index in [4.69, 9.17) is 9.47 Å². The topological polar surface area (TPSA) is 54.9 Å². The standard InChI is InChI=1S/C22H27N3O3/c26-21-22(15-17(28-21)16-24-11-13-27-14-12-24)6-9-25(10-7-22)20-5-8-23-19-4-2-1-3-18(19)20/h1-5,8,17H,6-7,9-16H2. The van der Waals surface area contributed by atoms with Crippen molar-refractivity contribution in [2.24, 2.45) is 5.41 Å². The number of piperidine rings is 1. The molecule has 6 heteroatoms. The molecule has 4 heterocycles. The molecule has 0 aliphatic carbocycles. The highest BCUT2D eigenvalue weighted by Crippen LogP contribution is 2.44. The van der Waals surface area contributed by atoms with Gasteiger partial charge in [-0.25, -0.2) is 0 Å². The lowest BCUT2D eigenvalue weighted by Crippen LogP contribution is -2.43. The third-order valence-corrected chi connectivity index (χ3v) is 6.58. The fourth-order valence-electron chi connectivity index (χ4n) is 4.95. The Morgan fingerprint density at radius 1 is 1.07 bits per heavy atom. The highest BCUT2D eigenvalue weighted by Gasteiger charge is 2.50. The second-order valence-corrected chi connectivity index (χ2v) is 8.26. The largest absolute Gasteiger partial charge is 0.461 e. The Hall–Kier alpha value is -2.18. The van der Waals surface area contributed by atoms with E-state index in [2.05, 4.69) is 39.0 Å². The number of hydrogen-bond donors (Lipinski definition) is 0. The molecule has 1 aromatic heterocycles. The van der Waals surface area contributed by atoms with E-state index >= 15 is 0 Å². The number of benzene rings is 1. The molecular weight excluding hydrogens is 354 g/mol. The number of fused-ring (bicyclic) bond motifs is 1. The molecular formula is C22H27N3O3. The number of nitrogens with zero attached hydrogens (tertiary/aromatic N) is 3. The molecule has 0 N–H and O–H groups in total. The molecule has 3 aliphatic rings. The summed E-state index contributed by atoms with van der Waals surface area (Å²) < 4.78 is 11.2. The second kappa shape index (κ2) is 7.33. The zero-order valence-corrected chi connectivity index (χ0v) is 16.2. The fraction of sp³-hybridized carbons (Fsp3) is 0.545. The van der Waals surface area contributed by atoms with Gasteiger partial charge in [-0.2, -0.15) is 0 Å². The summed E-state index contributed by atoms with van der Waals surface area (Å²) in [5, 5.41) is 1.18. The minimum atomic E-state index is -0.295. The van der Waals surface area contributed by atoms with Crippen LogP contribution < -0.4 is 4.90 Å². The number of morpholine rings is 1. The molecule has 0 saturated carbocycles. The van der Waals surface area contributed by atoms with Crippen LogP contribution in [0.2, 0.25) is 0 Å². The number of rotatable bonds is 3. The van der Waals surface area contributed by atoms with Crippen LogP contribution in [0.3, 0.4) is 0 Å². The number of para-hydroxylation sites is 1. The number of esters is 1. The first kappa shape index (κ1) is 17.9. The third kappa shape index (κ3) is 3.25. The van der Waals surface area contributed by atoms with E-state index in [9.17, 15) is 4.79 Å². The van der Waals surface area contributed by atoms with Crippen molar-refractivity contribution in [2.75, 3.05) is 50.8 Å². The minimum absolute atomic E-state index is 0.0185. The van der Waals surface area contributed by atoms with Gasteiger partial charge in [-0.05, 0) is 25.0 Å². The van der Waals surface area contributed by atoms with Gasteiger partial charge in [0.2, 0.25) is 0 Å². The highest BCUT2D eigenvalue weighted by atomic mass is 16.6. The van der Waals surface area contributed by atoms with Crippen LogP contribution in [-0.2, 0) is 14.3 Å². The Kier molecular flexibility index (Phi) is 4.69. The number of aromatic nitrogens is 1. The van der Waals surface area contributed by atoms with Gasteiger partial charge in [-0.3, -0.25) is 14.7 Å². The number of carbonyl (C=O) groups excluding carboxylic acids is 1. The van der Waals surface area contributed by atoms with Crippen LogP contribution in [-0.4, -0.2) is 67.9 Å². The van der Waals surface area contributed by atoms with Gasteiger partial charge >= 0.3 is 5.97 Å². The van der Waals surface area contributed by atoms with E-state index in [1.165, 1.54) is 11.1 Å². The fourth-order valence-corrected chi connectivity index (χ4v) is 4.95. The number of anilines is 1. The third-order valence-electron chi connectivity index (χ3n) is 6.58. The first-order valence-corrected chi connectivity index (χ1v) is 10.3. The number of pyridine rings is 1. The van der Waals surface area contributed by atoms with Gasteiger partial charge in [0, 0.05) is 56.4 Å². The van der Waals surface area contributed by atoms with Gasteiger partial charge < -0.3 is 14.4 Å². The molecule has 28 heavy (non-hydrogen) atoms. The maximum atomic E-state index is 12.8. The van der Waals surface area contributed by atoms with E-state index in [0.717, 1.165) is 70.7 Å². The summed E-state index contributed by atoms with van der Waals surface area (Å²) in [6.45, 7) is 6.03. The number of cyclic esters (lactones) is 1. The van der Waals surface area contributed by atoms with Crippen LogP contribution in [0.15, 0.2) is 36.5 Å². The van der Waals surface area contributed by atoms with Gasteiger partial charge in [0.25, 0.3) is 0 Å². The zero-order valence-electron chi connectivity index (χ0n) is 16.2. The predicted octanol–water partition coefficient (Wildman–Crippen LogP) is 2.47. The molecule has 1 unspecified atom stereocenters. The number of carbonyl (C=O) groups is 1. The first-order valence-electron chi connectivity index (χ1n) is 10.3. The average molecular weight is 381 g/mol. The Labute approximate surface area is 165 Å². The lowest BCUT2D eigenvalue weighted by molar-refractivity contribution is -0.150. The van der Waals surface area contributed by atoms with Crippen LogP contribution in [0.25, 0.3) is 10.9 Å². The van der Waals surface area contributed by atoms with Crippen LogP contribution in [0.1, 0.15) is 19.3 Å². The van der Waals surface area contributed by atoms with Gasteiger partial charge in [0.05, 0.1) is 24.1 Å². The van der Waals surface area contributed by atoms with E-state index in [-0.39, 0.29) is 17.5 Å². The van der Waals surface area contributed by atoms with Crippen LogP contribution in [0.5, 0.6) is 0 Å². The van der Waals surface area contributed by atoms with Crippen molar-refractivity contribution in [1.29, 1.82) is 0 Å². The molecule has 0 bridgehead atoms. The molecule has 1 atom stereocenters. The molecule has 2 aromatic rings. The van der Waals surface area contributed by atoms with Gasteiger partial charge in [0.15, 0.2) is 0 Å². The van der Waals surface area contributed by atoms with Crippen molar-refractivity contribution >= 4 is 22.6 Å². The molecule has 1 aromatic carbocycles. The second-order valence-electron chi connectivity index (χ2n) is 8.26. The summed E-state index contributed by atoms with van der Waals surface area (Å²) in [5.74, 6) is 0.0185. The summed E-state index contributed by atoms with van der Waals surface area (Å²) in [7, 11) is 0. The van der Waals surface area contributed by atoms with Crippen LogP contribution in [0, 0.1) is 5.41 Å². The minimum Gasteiger partial charge on any atom is -0.461 e. The Bertz CT molecular complexity index is 852. The average Bonchev–Trinajstić information content (AvgIpc) is 3.03. The molecule has 3 aliphatic heterocycles. The smallest absolute Gasteiger partial charge is 0.312 e. The molecule has 1 spiro atoms. The molecule has 148 valence electrons.